The van der Waals surface area contributed by atoms with Crippen LogP contribution in [0.1, 0.15) is 5.76 Å². The molecular weight excluding hydrogens is 180 g/mol. The molecule has 4 nitrogen and oxygen atoms in total. The Labute approximate surface area is 79.2 Å². The van der Waals surface area contributed by atoms with E-state index in [0.29, 0.717) is 11.0 Å². The van der Waals surface area contributed by atoms with E-state index in [0.717, 1.165) is 0 Å². The van der Waals surface area contributed by atoms with Crippen molar-refractivity contribution in [1.82, 2.24) is 0 Å². The molecule has 14 heavy (non-hydrogen) atoms. The number of para-hydroxylation sites is 1. The van der Waals surface area contributed by atoms with Crippen LogP contribution in [0.3, 0.4) is 0 Å². The van der Waals surface area contributed by atoms with E-state index in [2.05, 4.69) is 0 Å². The van der Waals surface area contributed by atoms with Crippen LogP contribution >= 0.6 is 0 Å². The molecule has 0 radical (unpaired) electrons. The summed E-state index contributed by atoms with van der Waals surface area (Å²) >= 11 is 0. The Kier molecular flexibility index (Phi) is 1.72. The molecule has 0 aliphatic carbocycles. The zero-order chi connectivity index (χ0) is 10.1. The lowest BCUT2D eigenvalue weighted by Crippen LogP contribution is -2.10. The van der Waals surface area contributed by atoms with Gasteiger partial charge in [0, 0.05) is 0 Å². The van der Waals surface area contributed by atoms with Crippen LogP contribution in [0.15, 0.2) is 33.5 Å². The van der Waals surface area contributed by atoms with Gasteiger partial charge in [-0.05, 0) is 12.1 Å². The smallest absolute Gasteiger partial charge is 0.230 e. The van der Waals surface area contributed by atoms with E-state index in [4.69, 9.17) is 15.4 Å². The van der Waals surface area contributed by atoms with Crippen LogP contribution in [0.25, 0.3) is 11.0 Å². The van der Waals surface area contributed by atoms with Crippen LogP contribution in [0.4, 0.5) is 5.69 Å². The highest BCUT2D eigenvalue weighted by molar-refractivity contribution is 5.80. The van der Waals surface area contributed by atoms with Crippen LogP contribution < -0.4 is 11.2 Å². The number of nitrogen functional groups attached to an aromatic ring is 1. The molecule has 0 saturated carbocycles. The van der Waals surface area contributed by atoms with Crippen molar-refractivity contribution in [2.75, 3.05) is 5.73 Å². The molecule has 0 fully saturated rings. The Balaban J connectivity index is 3.02. The summed E-state index contributed by atoms with van der Waals surface area (Å²) < 4.78 is 5.14. The summed E-state index contributed by atoms with van der Waals surface area (Å²) in [5.41, 5.74) is 5.32. The molecular formula is C10H6N2O2. The SMILES string of the molecule is N#Cc1oc2ccccc2c(=O)c1N. The molecule has 0 saturated heterocycles. The maximum atomic E-state index is 11.6. The Hall–Kier alpha value is -2.28. The van der Waals surface area contributed by atoms with Crippen molar-refractivity contribution in [2.24, 2.45) is 0 Å². The normalized spacial score (nSPS) is 9.93. The monoisotopic (exact) mass is 186 g/mol. The Morgan fingerprint density at radius 2 is 2.07 bits per heavy atom. The van der Waals surface area contributed by atoms with Gasteiger partial charge in [0.1, 0.15) is 17.3 Å². The molecule has 0 unspecified atom stereocenters. The summed E-state index contributed by atoms with van der Waals surface area (Å²) in [7, 11) is 0. The van der Waals surface area contributed by atoms with Crippen LogP contribution in [0.2, 0.25) is 0 Å². The zero-order valence-electron chi connectivity index (χ0n) is 7.15. The number of nitrogens with zero attached hydrogens (tertiary/aromatic N) is 1. The van der Waals surface area contributed by atoms with Crippen molar-refractivity contribution in [3.8, 4) is 6.07 Å². The number of nitrogens with two attached hydrogens (primary N) is 1. The van der Waals surface area contributed by atoms with Crippen LogP contribution in [0.5, 0.6) is 0 Å². The first-order valence-corrected chi connectivity index (χ1v) is 3.95. The number of rotatable bonds is 0. The number of hydrogen-bond acceptors (Lipinski definition) is 4. The fourth-order valence-corrected chi connectivity index (χ4v) is 1.24. The molecule has 1 aromatic carbocycles. The van der Waals surface area contributed by atoms with Gasteiger partial charge in [0.05, 0.1) is 5.39 Å². The summed E-state index contributed by atoms with van der Waals surface area (Å²) in [6, 6.07) is 8.41. The van der Waals surface area contributed by atoms with Gasteiger partial charge in [-0.25, -0.2) is 0 Å². The van der Waals surface area contributed by atoms with E-state index in [1.165, 1.54) is 0 Å². The first kappa shape index (κ1) is 8.32. The number of nitriles is 1. The minimum Gasteiger partial charge on any atom is -0.443 e. The van der Waals surface area contributed by atoms with Gasteiger partial charge in [0.25, 0.3) is 0 Å². The van der Waals surface area contributed by atoms with Crippen LogP contribution in [0, 0.1) is 11.3 Å². The highest BCUT2D eigenvalue weighted by Gasteiger charge is 2.09. The summed E-state index contributed by atoms with van der Waals surface area (Å²) in [5, 5.41) is 9.03. The van der Waals surface area contributed by atoms with Gasteiger partial charge < -0.3 is 10.2 Å². The lowest BCUT2D eigenvalue weighted by atomic mass is 10.2. The van der Waals surface area contributed by atoms with Crippen molar-refractivity contribution in [2.45, 2.75) is 0 Å². The van der Waals surface area contributed by atoms with Crippen molar-refractivity contribution in [1.29, 1.82) is 5.26 Å². The van der Waals surface area contributed by atoms with E-state index in [1.807, 2.05) is 0 Å². The van der Waals surface area contributed by atoms with Crippen molar-refractivity contribution < 1.29 is 4.42 Å². The highest BCUT2D eigenvalue weighted by atomic mass is 16.3. The molecule has 0 atom stereocenters. The Morgan fingerprint density at radius 1 is 1.36 bits per heavy atom. The summed E-state index contributed by atoms with van der Waals surface area (Å²) in [6.45, 7) is 0. The van der Waals surface area contributed by atoms with Gasteiger partial charge in [-0.1, -0.05) is 12.1 Å². The molecule has 2 N–H and O–H groups in total. The first-order valence-electron chi connectivity index (χ1n) is 3.95. The first-order chi connectivity index (χ1) is 6.74. The lowest BCUT2D eigenvalue weighted by molar-refractivity contribution is 0.589. The van der Waals surface area contributed by atoms with Gasteiger partial charge in [0.2, 0.25) is 11.2 Å². The fourth-order valence-electron chi connectivity index (χ4n) is 1.24. The number of anilines is 1. The summed E-state index contributed by atoms with van der Waals surface area (Å²) in [4.78, 5) is 11.6. The largest absolute Gasteiger partial charge is 0.443 e. The molecule has 0 amide bonds. The van der Waals surface area contributed by atoms with E-state index < -0.39 is 0 Å². The number of hydrogen-bond donors (Lipinski definition) is 1. The molecule has 1 heterocycles. The maximum Gasteiger partial charge on any atom is 0.230 e. The van der Waals surface area contributed by atoms with E-state index in [-0.39, 0.29) is 16.9 Å². The summed E-state index contributed by atoms with van der Waals surface area (Å²) in [6.07, 6.45) is 0. The average molecular weight is 186 g/mol. The minimum absolute atomic E-state index is 0.131. The van der Waals surface area contributed by atoms with Crippen LogP contribution in [-0.4, -0.2) is 0 Å². The second kappa shape index (κ2) is 2.89. The van der Waals surface area contributed by atoms with Crippen molar-refractivity contribution >= 4 is 16.7 Å². The third kappa shape index (κ3) is 1.04. The number of benzene rings is 1. The molecule has 0 aliphatic rings. The lowest BCUT2D eigenvalue weighted by Gasteiger charge is -1.99. The molecule has 2 aromatic rings. The predicted octanol–water partition coefficient (Wildman–Crippen LogP) is 1.25. The van der Waals surface area contributed by atoms with Gasteiger partial charge >= 0.3 is 0 Å². The third-order valence-corrected chi connectivity index (χ3v) is 1.93. The Bertz CT molecular complexity index is 593. The molecule has 0 spiro atoms. The fraction of sp³-hybridized carbons (Fsp3) is 0. The molecule has 0 bridgehead atoms. The zero-order valence-corrected chi connectivity index (χ0v) is 7.15. The van der Waals surface area contributed by atoms with E-state index in [9.17, 15) is 4.79 Å². The molecule has 1 aromatic heterocycles. The van der Waals surface area contributed by atoms with Crippen LogP contribution in [-0.2, 0) is 0 Å². The predicted molar refractivity (Wildman–Crippen MR) is 51.6 cm³/mol. The molecule has 2 rings (SSSR count). The van der Waals surface area contributed by atoms with Gasteiger partial charge in [0.15, 0.2) is 0 Å². The maximum absolute atomic E-state index is 11.6. The summed E-state index contributed by atoms with van der Waals surface area (Å²) in [5.74, 6) is -0.131. The standard InChI is InChI=1S/C10H6N2O2/c11-5-8-9(12)10(13)6-3-1-2-4-7(6)14-8/h1-4H,12H2. The van der Waals surface area contributed by atoms with E-state index in [1.54, 1.807) is 30.3 Å². The molecule has 0 aliphatic heterocycles. The topological polar surface area (TPSA) is 80.0 Å². The average Bonchev–Trinajstić information content (AvgIpc) is 2.23. The highest BCUT2D eigenvalue weighted by Crippen LogP contribution is 2.15. The second-order valence-electron chi connectivity index (χ2n) is 2.78. The van der Waals surface area contributed by atoms with Gasteiger partial charge in [-0.3, -0.25) is 4.79 Å². The van der Waals surface area contributed by atoms with Crippen molar-refractivity contribution in [3.63, 3.8) is 0 Å². The molecule has 68 valence electrons. The van der Waals surface area contributed by atoms with Gasteiger partial charge in [-0.15, -0.1) is 0 Å². The Morgan fingerprint density at radius 3 is 2.79 bits per heavy atom. The molecule has 4 heteroatoms. The number of fused-ring (bicyclic) bond motifs is 1. The van der Waals surface area contributed by atoms with Gasteiger partial charge in [-0.2, -0.15) is 5.26 Å². The third-order valence-electron chi connectivity index (χ3n) is 1.93. The van der Waals surface area contributed by atoms with E-state index >= 15 is 0 Å². The quantitative estimate of drug-likeness (QED) is 0.671. The minimum atomic E-state index is -0.358. The second-order valence-corrected chi connectivity index (χ2v) is 2.78. The van der Waals surface area contributed by atoms with Crippen molar-refractivity contribution in [3.05, 3.63) is 40.2 Å².